The van der Waals surface area contributed by atoms with Gasteiger partial charge in [0.25, 0.3) is 0 Å². The number of ether oxygens (including phenoxy) is 3. The van der Waals surface area contributed by atoms with Gasteiger partial charge in [0.15, 0.2) is 0 Å². The van der Waals surface area contributed by atoms with E-state index in [-0.39, 0.29) is 0 Å². The fourth-order valence-electron chi connectivity index (χ4n) is 2.15. The molecule has 0 aliphatic rings. The maximum atomic E-state index is 6.41. The first-order chi connectivity index (χ1) is 13.6. The Kier molecular flexibility index (Phi) is 21.1. The number of hydrogen-bond acceptors (Lipinski definition) is 10. The number of methoxy groups -OCH3 is 3. The zero-order valence-electron chi connectivity index (χ0n) is 17.9. The molecule has 0 heterocycles. The lowest BCUT2D eigenvalue weighted by Gasteiger charge is -2.34. The Morgan fingerprint density at radius 3 is 1.64 bits per heavy atom. The normalized spacial score (nSPS) is 14.6. The van der Waals surface area contributed by atoms with Crippen LogP contribution in [-0.2, 0) is 27.5 Å². The minimum atomic E-state index is -2.42. The quantitative estimate of drug-likeness (QED) is 0.132. The van der Waals surface area contributed by atoms with Crippen molar-refractivity contribution >= 4 is 81.1 Å². The lowest BCUT2D eigenvalue weighted by atomic mass is 10.9. The van der Waals surface area contributed by atoms with Crippen LogP contribution in [0, 0.1) is 0 Å². The molecule has 0 bridgehead atoms. The Morgan fingerprint density at radius 2 is 1.21 bits per heavy atom. The van der Waals surface area contributed by atoms with Gasteiger partial charge in [-0.15, -0.1) is 22.4 Å². The van der Waals surface area contributed by atoms with E-state index in [0.717, 1.165) is 57.9 Å². The second-order valence-electron chi connectivity index (χ2n) is 5.79. The van der Waals surface area contributed by atoms with Crippen molar-refractivity contribution < 1.29 is 27.5 Å². The van der Waals surface area contributed by atoms with Gasteiger partial charge in [0.2, 0.25) is 0 Å². The van der Waals surface area contributed by atoms with Gasteiger partial charge in [0.05, 0.1) is 17.8 Å². The van der Waals surface area contributed by atoms with E-state index in [1.54, 1.807) is 55.0 Å². The molecule has 28 heavy (non-hydrogen) atoms. The van der Waals surface area contributed by atoms with Crippen molar-refractivity contribution in [1.29, 1.82) is 0 Å². The van der Waals surface area contributed by atoms with Crippen LogP contribution in [0.25, 0.3) is 0 Å². The first-order valence-corrected chi connectivity index (χ1v) is 22.2. The SMILES string of the molecule is COCS[Si](CC[Si](OCCS)(SCOC)SCOC)(OCC[SiH3])OCC[SiH3]. The van der Waals surface area contributed by atoms with Crippen molar-refractivity contribution in [3.63, 3.8) is 0 Å². The third kappa shape index (κ3) is 13.4. The molecule has 0 amide bonds. The summed E-state index contributed by atoms with van der Waals surface area (Å²) < 4.78 is 35.3. The van der Waals surface area contributed by atoms with Gasteiger partial charge in [-0.3, -0.25) is 0 Å². The molecule has 0 atom stereocenters. The third-order valence-corrected chi connectivity index (χ3v) is 21.3. The van der Waals surface area contributed by atoms with Gasteiger partial charge in [-0.1, -0.05) is 11.2 Å². The Hall–Kier alpha value is 2.03. The molecule has 0 saturated carbocycles. The van der Waals surface area contributed by atoms with Gasteiger partial charge in [0, 0.05) is 73.4 Å². The van der Waals surface area contributed by atoms with Crippen molar-refractivity contribution in [2.24, 2.45) is 0 Å². The van der Waals surface area contributed by atoms with Crippen molar-refractivity contribution in [2.45, 2.75) is 24.2 Å². The van der Waals surface area contributed by atoms with E-state index >= 15 is 0 Å². The lowest BCUT2D eigenvalue weighted by molar-refractivity contribution is 0.203. The Bertz CT molecular complexity index is 290. The van der Waals surface area contributed by atoms with Crippen LogP contribution in [0.4, 0.5) is 0 Å². The molecule has 0 aliphatic heterocycles. The highest BCUT2D eigenvalue weighted by Crippen LogP contribution is 2.42. The van der Waals surface area contributed by atoms with Crippen LogP contribution in [0.3, 0.4) is 0 Å². The summed E-state index contributed by atoms with van der Waals surface area (Å²) in [6.45, 7) is -0.0300. The summed E-state index contributed by atoms with van der Waals surface area (Å²) in [5, 5.41) is 0. The Balaban J connectivity index is 5.42. The van der Waals surface area contributed by atoms with E-state index in [1.807, 2.05) is 0 Å². The van der Waals surface area contributed by atoms with Gasteiger partial charge >= 0.3 is 14.3 Å². The van der Waals surface area contributed by atoms with Gasteiger partial charge in [0.1, 0.15) is 0 Å². The van der Waals surface area contributed by atoms with E-state index in [1.165, 1.54) is 0 Å². The number of rotatable bonds is 21. The van der Waals surface area contributed by atoms with Crippen molar-refractivity contribution in [2.75, 3.05) is 64.7 Å². The van der Waals surface area contributed by atoms with Crippen LogP contribution in [0.5, 0.6) is 0 Å². The molecule has 170 valence electrons. The first kappa shape index (κ1) is 30.0. The molecule has 0 spiro atoms. The molecule has 0 aliphatic carbocycles. The summed E-state index contributed by atoms with van der Waals surface area (Å²) in [5.41, 5.74) is 0. The molecule has 0 saturated heterocycles. The lowest BCUT2D eigenvalue weighted by Crippen LogP contribution is -2.44. The van der Waals surface area contributed by atoms with Crippen LogP contribution in [0.1, 0.15) is 0 Å². The highest BCUT2D eigenvalue weighted by molar-refractivity contribution is 8.57. The smallest absolute Gasteiger partial charge is 0.398 e. The highest BCUT2D eigenvalue weighted by atomic mass is 32.6. The molecule has 0 unspecified atom stereocenters. The summed E-state index contributed by atoms with van der Waals surface area (Å²) in [6.07, 6.45) is 0. The minimum absolute atomic E-state index is 0.594. The second kappa shape index (κ2) is 19.7. The molecule has 0 fully saturated rings. The summed E-state index contributed by atoms with van der Waals surface area (Å²) >= 11 is 9.65. The van der Waals surface area contributed by atoms with Crippen molar-refractivity contribution in [3.05, 3.63) is 0 Å². The number of hydrogen-bond donors (Lipinski definition) is 1. The van der Waals surface area contributed by atoms with Crippen LogP contribution in [0.15, 0.2) is 0 Å². The average Bonchev–Trinajstić information content (AvgIpc) is 2.73. The summed E-state index contributed by atoms with van der Waals surface area (Å²) in [6, 6.07) is 4.04. The van der Waals surface area contributed by atoms with Gasteiger partial charge < -0.3 is 27.5 Å². The molecule has 0 rings (SSSR count). The van der Waals surface area contributed by atoms with Crippen LogP contribution in [0.2, 0.25) is 24.2 Å². The van der Waals surface area contributed by atoms with Gasteiger partial charge in [-0.25, -0.2) is 0 Å². The predicted octanol–water partition coefficient (Wildman–Crippen LogP) is 1.42. The van der Waals surface area contributed by atoms with Crippen molar-refractivity contribution in [1.82, 2.24) is 0 Å². The molecule has 0 aromatic carbocycles. The van der Waals surface area contributed by atoms with E-state index < -0.39 is 14.3 Å². The predicted molar refractivity (Wildman–Crippen MR) is 141 cm³/mol. The highest BCUT2D eigenvalue weighted by Gasteiger charge is 2.45. The molecule has 0 aromatic rings. The Labute approximate surface area is 196 Å². The molecule has 0 aromatic heterocycles. The molecule has 0 N–H and O–H groups in total. The minimum Gasteiger partial charge on any atom is -0.398 e. The molecular weight excluding hydrogens is 505 g/mol. The maximum absolute atomic E-state index is 6.41. The number of thiol groups is 1. The van der Waals surface area contributed by atoms with E-state index in [4.69, 9.17) is 27.5 Å². The zero-order valence-corrected chi connectivity index (χ0v) is 27.2. The first-order valence-electron chi connectivity index (χ1n) is 9.49. The van der Waals surface area contributed by atoms with Crippen LogP contribution in [-0.4, -0.2) is 99.5 Å². The maximum Gasteiger partial charge on any atom is 0.408 e. The zero-order chi connectivity index (χ0) is 21.1. The second-order valence-corrected chi connectivity index (χ2v) is 23.6. The third-order valence-electron chi connectivity index (χ3n) is 3.39. The molecule has 6 nitrogen and oxygen atoms in total. The van der Waals surface area contributed by atoms with E-state index in [2.05, 4.69) is 12.6 Å². The molecular formula is C14H38O6S4Si4. The fraction of sp³-hybridized carbons (Fsp3) is 1.00. The standard InChI is InChI=1S/C14H38O6S4Si4/c1-15-12-22-27(18-5-8-25,19-6-9-26)10-11-28(20-4-7-21,23-13-16-2)24-14-17-3/h21H,4-14H2,1-3,25-26H3. The molecule has 14 heteroatoms. The Morgan fingerprint density at radius 1 is 0.714 bits per heavy atom. The van der Waals surface area contributed by atoms with E-state index in [0.29, 0.717) is 30.2 Å². The largest absolute Gasteiger partial charge is 0.408 e. The van der Waals surface area contributed by atoms with E-state index in [9.17, 15) is 0 Å². The topological polar surface area (TPSA) is 55.4 Å². The van der Waals surface area contributed by atoms with Crippen LogP contribution < -0.4 is 0 Å². The average molecular weight is 543 g/mol. The van der Waals surface area contributed by atoms with Crippen LogP contribution >= 0.6 is 46.3 Å². The van der Waals surface area contributed by atoms with Gasteiger partial charge in [-0.2, -0.15) is 12.6 Å². The van der Waals surface area contributed by atoms with Gasteiger partial charge in [-0.05, 0) is 18.1 Å². The monoisotopic (exact) mass is 542 g/mol. The summed E-state index contributed by atoms with van der Waals surface area (Å²) in [7, 11) is 5.02. The molecule has 0 radical (unpaired) electrons. The summed E-state index contributed by atoms with van der Waals surface area (Å²) in [4.78, 5) is 0. The van der Waals surface area contributed by atoms with Crippen molar-refractivity contribution in [3.8, 4) is 0 Å². The fourth-order valence-corrected chi connectivity index (χ4v) is 20.4. The summed E-state index contributed by atoms with van der Waals surface area (Å²) in [5.74, 6) is 2.51.